The molecule has 1 amide bonds. The van der Waals surface area contributed by atoms with Crippen LogP contribution >= 0.6 is 0 Å². The molecule has 2 atom stereocenters. The smallest absolute Gasteiger partial charge is 0.308 e. The highest BCUT2D eigenvalue weighted by atomic mass is 19.1. The first-order chi connectivity index (χ1) is 11.1. The van der Waals surface area contributed by atoms with Crippen molar-refractivity contribution < 1.29 is 19.1 Å². The number of carbonyl (C=O) groups excluding carboxylic acids is 1. The number of hydrogen-bond acceptors (Lipinski definition) is 3. The summed E-state index contributed by atoms with van der Waals surface area (Å²) in [6.45, 7) is 0.418. The zero-order chi connectivity index (χ0) is 16.4. The first-order valence-corrected chi connectivity index (χ1v) is 7.24. The van der Waals surface area contributed by atoms with Crippen LogP contribution in [0.25, 0.3) is 0 Å². The van der Waals surface area contributed by atoms with E-state index >= 15 is 0 Å². The van der Waals surface area contributed by atoms with Crippen LogP contribution in [0.1, 0.15) is 21.8 Å². The Balaban J connectivity index is 1.85. The number of hydrogen-bond donors (Lipinski definition) is 1. The van der Waals surface area contributed by atoms with Gasteiger partial charge in [-0.3, -0.25) is 14.6 Å². The van der Waals surface area contributed by atoms with Gasteiger partial charge >= 0.3 is 5.97 Å². The van der Waals surface area contributed by atoms with Crippen molar-refractivity contribution in [1.82, 2.24) is 9.88 Å². The predicted molar refractivity (Wildman–Crippen MR) is 80.4 cm³/mol. The van der Waals surface area contributed by atoms with E-state index < -0.39 is 11.9 Å². The van der Waals surface area contributed by atoms with Gasteiger partial charge in [0.1, 0.15) is 5.82 Å². The van der Waals surface area contributed by atoms with Gasteiger partial charge in [0.05, 0.1) is 11.5 Å². The summed E-state index contributed by atoms with van der Waals surface area (Å²) in [5, 5.41) is 9.45. The molecule has 1 saturated heterocycles. The van der Waals surface area contributed by atoms with E-state index in [0.717, 1.165) is 5.56 Å². The lowest BCUT2D eigenvalue weighted by Crippen LogP contribution is -2.29. The Labute approximate surface area is 132 Å². The second-order valence-corrected chi connectivity index (χ2v) is 5.55. The van der Waals surface area contributed by atoms with E-state index in [9.17, 15) is 19.1 Å². The SMILES string of the molecule is O=C(O)[C@@H]1CN(C(=O)c2cccnc2)C[C@H]1c1ccc(F)cc1. The maximum absolute atomic E-state index is 13.1. The van der Waals surface area contributed by atoms with Crippen LogP contribution < -0.4 is 0 Å². The van der Waals surface area contributed by atoms with Crippen molar-refractivity contribution in [2.75, 3.05) is 13.1 Å². The second-order valence-electron chi connectivity index (χ2n) is 5.55. The van der Waals surface area contributed by atoms with Crippen LogP contribution in [0.15, 0.2) is 48.8 Å². The molecule has 5 nitrogen and oxygen atoms in total. The Hall–Kier alpha value is -2.76. The first-order valence-electron chi connectivity index (χ1n) is 7.24. The molecule has 0 bridgehead atoms. The summed E-state index contributed by atoms with van der Waals surface area (Å²) in [7, 11) is 0. The van der Waals surface area contributed by atoms with E-state index in [2.05, 4.69) is 4.98 Å². The minimum atomic E-state index is -0.958. The van der Waals surface area contributed by atoms with Crippen molar-refractivity contribution in [3.8, 4) is 0 Å². The zero-order valence-electron chi connectivity index (χ0n) is 12.2. The third-order valence-electron chi connectivity index (χ3n) is 4.13. The summed E-state index contributed by atoms with van der Waals surface area (Å²) in [6.07, 6.45) is 3.03. The van der Waals surface area contributed by atoms with Gasteiger partial charge in [-0.2, -0.15) is 0 Å². The molecule has 118 valence electrons. The number of likely N-dealkylation sites (tertiary alicyclic amines) is 1. The molecular formula is C17H15FN2O3. The highest BCUT2D eigenvalue weighted by Gasteiger charge is 2.40. The number of halogens is 1. The highest BCUT2D eigenvalue weighted by Crippen LogP contribution is 2.33. The minimum absolute atomic E-state index is 0.130. The molecule has 1 aromatic carbocycles. The van der Waals surface area contributed by atoms with Crippen molar-refractivity contribution in [3.63, 3.8) is 0 Å². The molecule has 0 radical (unpaired) electrons. The van der Waals surface area contributed by atoms with E-state index in [1.54, 1.807) is 30.5 Å². The normalized spacial score (nSPS) is 20.5. The lowest BCUT2D eigenvalue weighted by atomic mass is 9.89. The number of nitrogens with zero attached hydrogens (tertiary/aromatic N) is 2. The van der Waals surface area contributed by atoms with Gasteiger partial charge in [0.2, 0.25) is 0 Å². The Morgan fingerprint density at radius 3 is 2.52 bits per heavy atom. The van der Waals surface area contributed by atoms with E-state index in [4.69, 9.17) is 0 Å². The molecule has 1 N–H and O–H groups in total. The van der Waals surface area contributed by atoms with Crippen molar-refractivity contribution in [3.05, 3.63) is 65.7 Å². The van der Waals surface area contributed by atoms with Gasteiger partial charge < -0.3 is 10.0 Å². The quantitative estimate of drug-likeness (QED) is 0.942. The molecule has 0 unspecified atom stereocenters. The second kappa shape index (κ2) is 6.16. The summed E-state index contributed by atoms with van der Waals surface area (Å²) >= 11 is 0. The maximum atomic E-state index is 13.1. The third-order valence-corrected chi connectivity index (χ3v) is 4.13. The molecule has 1 fully saturated rings. The number of rotatable bonds is 3. The molecular weight excluding hydrogens is 299 g/mol. The first kappa shape index (κ1) is 15.1. The number of carboxylic acids is 1. The molecule has 1 aromatic heterocycles. The van der Waals surface area contributed by atoms with Gasteiger partial charge in [0.15, 0.2) is 0 Å². The minimum Gasteiger partial charge on any atom is -0.481 e. The van der Waals surface area contributed by atoms with Crippen LogP contribution in [-0.4, -0.2) is 40.0 Å². The van der Waals surface area contributed by atoms with Gasteiger partial charge in [-0.25, -0.2) is 4.39 Å². The van der Waals surface area contributed by atoms with Crippen LogP contribution in [0.2, 0.25) is 0 Å². The summed E-state index contributed by atoms with van der Waals surface area (Å²) in [6, 6.07) is 9.08. The molecule has 0 spiro atoms. The molecule has 1 aliphatic rings. The van der Waals surface area contributed by atoms with Crippen LogP contribution in [0.3, 0.4) is 0 Å². The molecule has 0 aliphatic carbocycles. The Kier molecular flexibility index (Phi) is 4.06. The van der Waals surface area contributed by atoms with E-state index in [0.29, 0.717) is 5.56 Å². The fraction of sp³-hybridized carbons (Fsp3) is 0.235. The van der Waals surface area contributed by atoms with Crippen molar-refractivity contribution >= 4 is 11.9 Å². The molecule has 23 heavy (non-hydrogen) atoms. The van der Waals surface area contributed by atoms with Crippen LogP contribution in [0.4, 0.5) is 4.39 Å². The number of benzene rings is 1. The lowest BCUT2D eigenvalue weighted by Gasteiger charge is -2.16. The van der Waals surface area contributed by atoms with Gasteiger partial charge in [-0.15, -0.1) is 0 Å². The fourth-order valence-corrected chi connectivity index (χ4v) is 2.94. The predicted octanol–water partition coefficient (Wildman–Crippen LogP) is 2.16. The van der Waals surface area contributed by atoms with Gasteiger partial charge in [0.25, 0.3) is 5.91 Å². The molecule has 6 heteroatoms. The van der Waals surface area contributed by atoms with Gasteiger partial charge in [0, 0.05) is 31.4 Å². The number of carboxylic acid groups (broad SMARTS) is 1. The number of aliphatic carboxylic acids is 1. The van der Waals surface area contributed by atoms with Crippen LogP contribution in [-0.2, 0) is 4.79 Å². The molecule has 2 heterocycles. The molecule has 0 saturated carbocycles. The Bertz CT molecular complexity index is 718. The molecule has 1 aliphatic heterocycles. The molecule has 2 aromatic rings. The van der Waals surface area contributed by atoms with Crippen LogP contribution in [0.5, 0.6) is 0 Å². The average Bonchev–Trinajstić information content (AvgIpc) is 3.01. The van der Waals surface area contributed by atoms with Crippen molar-refractivity contribution in [1.29, 1.82) is 0 Å². The molecule has 3 rings (SSSR count). The number of carbonyl (C=O) groups is 2. The topological polar surface area (TPSA) is 70.5 Å². The Morgan fingerprint density at radius 1 is 1.17 bits per heavy atom. The maximum Gasteiger partial charge on any atom is 0.308 e. The summed E-state index contributed by atoms with van der Waals surface area (Å²) in [4.78, 5) is 29.4. The highest BCUT2D eigenvalue weighted by molar-refractivity contribution is 5.94. The number of amides is 1. The average molecular weight is 314 g/mol. The summed E-state index contributed by atoms with van der Waals surface area (Å²) in [5.74, 6) is -2.63. The summed E-state index contributed by atoms with van der Waals surface area (Å²) in [5.41, 5.74) is 1.15. The Morgan fingerprint density at radius 2 is 1.91 bits per heavy atom. The lowest BCUT2D eigenvalue weighted by molar-refractivity contribution is -0.141. The third kappa shape index (κ3) is 3.06. The van der Waals surface area contributed by atoms with E-state index in [-0.39, 0.29) is 30.7 Å². The zero-order valence-corrected chi connectivity index (χ0v) is 12.2. The van der Waals surface area contributed by atoms with Gasteiger partial charge in [-0.05, 0) is 29.8 Å². The monoisotopic (exact) mass is 314 g/mol. The number of aromatic nitrogens is 1. The van der Waals surface area contributed by atoms with Crippen LogP contribution in [0, 0.1) is 11.7 Å². The standard InChI is InChI=1S/C17H15FN2O3/c18-13-5-3-11(4-6-13)14-9-20(10-15(14)17(22)23)16(21)12-2-1-7-19-8-12/h1-8,14-15H,9-10H2,(H,22,23)/t14-,15+/m0/s1. The van der Waals surface area contributed by atoms with E-state index in [1.807, 2.05) is 0 Å². The summed E-state index contributed by atoms with van der Waals surface area (Å²) < 4.78 is 13.1. The fourth-order valence-electron chi connectivity index (χ4n) is 2.94. The van der Waals surface area contributed by atoms with Crippen molar-refractivity contribution in [2.45, 2.75) is 5.92 Å². The van der Waals surface area contributed by atoms with Crippen molar-refractivity contribution in [2.24, 2.45) is 5.92 Å². The number of pyridine rings is 1. The van der Waals surface area contributed by atoms with Gasteiger partial charge in [-0.1, -0.05) is 12.1 Å². The van der Waals surface area contributed by atoms with E-state index in [1.165, 1.54) is 23.2 Å². The largest absolute Gasteiger partial charge is 0.481 e.